The lowest BCUT2D eigenvalue weighted by atomic mass is 10.2. The quantitative estimate of drug-likeness (QED) is 0.295. The minimum absolute atomic E-state index is 0.529. The van der Waals surface area contributed by atoms with Crippen LogP contribution in [0.25, 0.3) is 0 Å². The molecule has 2 rings (SSSR count). The summed E-state index contributed by atoms with van der Waals surface area (Å²) in [5.74, 6) is 1.71. The molecule has 0 aliphatic heterocycles. The van der Waals surface area contributed by atoms with E-state index in [1.54, 1.807) is 0 Å². The van der Waals surface area contributed by atoms with Crippen LogP contribution in [-0.2, 0) is 20.1 Å². The van der Waals surface area contributed by atoms with E-state index in [9.17, 15) is 0 Å². The Morgan fingerprint density at radius 1 is 0.500 bits per heavy atom. The molecule has 0 saturated heterocycles. The van der Waals surface area contributed by atoms with Crippen molar-refractivity contribution < 1.29 is 18.9 Å². The van der Waals surface area contributed by atoms with Gasteiger partial charge in [-0.05, 0) is 35.4 Å². The van der Waals surface area contributed by atoms with E-state index in [0.717, 1.165) is 22.2 Å². The summed E-state index contributed by atoms with van der Waals surface area (Å²) in [7, 11) is 0. The van der Waals surface area contributed by atoms with Crippen LogP contribution in [0.4, 0.5) is 0 Å². The molecule has 0 N–H and O–H groups in total. The summed E-state index contributed by atoms with van der Waals surface area (Å²) < 4.78 is 22.2. The highest BCUT2D eigenvalue weighted by atomic mass is 79.9. The van der Waals surface area contributed by atoms with Gasteiger partial charge in [0, 0.05) is 10.7 Å². The topological polar surface area (TPSA) is 36.9 Å². The first-order valence-electron chi connectivity index (χ1n) is 8.52. The van der Waals surface area contributed by atoms with Gasteiger partial charge in [0.15, 0.2) is 0 Å². The molecule has 6 heteroatoms. The maximum atomic E-state index is 5.61. The second-order valence-corrected chi connectivity index (χ2v) is 6.60. The van der Waals surface area contributed by atoms with Crippen molar-refractivity contribution in [1.29, 1.82) is 0 Å². The van der Waals surface area contributed by atoms with Gasteiger partial charge in [0.05, 0.1) is 26.4 Å². The van der Waals surface area contributed by atoms with E-state index in [-0.39, 0.29) is 0 Å². The Balaban J connectivity index is 1.41. The SMILES string of the molecule is BrCc1ccc(OCCOCCOCCOc2ccc(CBr)cc2)cc1. The number of hydrogen-bond acceptors (Lipinski definition) is 4. The summed E-state index contributed by atoms with van der Waals surface area (Å²) in [6.07, 6.45) is 0. The van der Waals surface area contributed by atoms with Crippen LogP contribution in [0.5, 0.6) is 11.5 Å². The number of ether oxygens (including phenoxy) is 4. The number of rotatable bonds is 13. The van der Waals surface area contributed by atoms with Crippen LogP contribution in [0.15, 0.2) is 48.5 Å². The Morgan fingerprint density at radius 3 is 1.19 bits per heavy atom. The summed E-state index contributed by atoms with van der Waals surface area (Å²) in [6, 6.07) is 16.0. The van der Waals surface area contributed by atoms with Gasteiger partial charge in [0.25, 0.3) is 0 Å². The third kappa shape index (κ3) is 8.54. The van der Waals surface area contributed by atoms with Gasteiger partial charge >= 0.3 is 0 Å². The van der Waals surface area contributed by atoms with Crippen molar-refractivity contribution in [2.75, 3.05) is 39.6 Å². The van der Waals surface area contributed by atoms with Crippen LogP contribution in [-0.4, -0.2) is 39.6 Å². The van der Waals surface area contributed by atoms with Gasteiger partial charge in [-0.25, -0.2) is 0 Å². The Labute approximate surface area is 172 Å². The molecule has 4 nitrogen and oxygen atoms in total. The van der Waals surface area contributed by atoms with Gasteiger partial charge in [-0.3, -0.25) is 0 Å². The van der Waals surface area contributed by atoms with E-state index in [4.69, 9.17) is 18.9 Å². The van der Waals surface area contributed by atoms with E-state index in [1.807, 2.05) is 48.5 Å². The second-order valence-electron chi connectivity index (χ2n) is 5.48. The Morgan fingerprint density at radius 2 is 0.846 bits per heavy atom. The fourth-order valence-corrected chi connectivity index (χ4v) is 2.86. The zero-order valence-corrected chi connectivity index (χ0v) is 17.8. The standard InChI is InChI=1S/C20H24Br2O4/c21-15-17-1-5-19(6-2-17)25-13-11-23-9-10-24-12-14-26-20-7-3-18(16-22)4-8-20/h1-8H,9-16H2. The molecule has 0 aromatic heterocycles. The zero-order chi connectivity index (χ0) is 18.5. The summed E-state index contributed by atoms with van der Waals surface area (Å²) in [6.45, 7) is 3.24. The van der Waals surface area contributed by atoms with Crippen LogP contribution in [0.2, 0.25) is 0 Å². The van der Waals surface area contributed by atoms with Gasteiger partial charge in [0.2, 0.25) is 0 Å². The zero-order valence-electron chi connectivity index (χ0n) is 14.7. The molecule has 0 aliphatic rings. The molecule has 26 heavy (non-hydrogen) atoms. The molecule has 0 heterocycles. The molecular weight excluding hydrogens is 464 g/mol. The summed E-state index contributed by atoms with van der Waals surface area (Å²) in [5.41, 5.74) is 2.45. The molecule has 0 amide bonds. The predicted molar refractivity (Wildman–Crippen MR) is 111 cm³/mol. The Hall–Kier alpha value is -1.08. The monoisotopic (exact) mass is 486 g/mol. The molecule has 2 aromatic rings. The molecule has 0 bridgehead atoms. The third-order valence-electron chi connectivity index (χ3n) is 3.52. The van der Waals surface area contributed by atoms with Gasteiger partial charge in [-0.1, -0.05) is 56.1 Å². The van der Waals surface area contributed by atoms with E-state index in [1.165, 1.54) is 11.1 Å². The van der Waals surface area contributed by atoms with Gasteiger partial charge < -0.3 is 18.9 Å². The highest BCUT2D eigenvalue weighted by molar-refractivity contribution is 9.08. The van der Waals surface area contributed by atoms with Crippen molar-refractivity contribution >= 4 is 31.9 Å². The van der Waals surface area contributed by atoms with Crippen LogP contribution in [0.3, 0.4) is 0 Å². The maximum absolute atomic E-state index is 5.61. The molecule has 2 aromatic carbocycles. The summed E-state index contributed by atoms with van der Waals surface area (Å²) in [5, 5.41) is 1.70. The smallest absolute Gasteiger partial charge is 0.119 e. The average molecular weight is 488 g/mol. The highest BCUT2D eigenvalue weighted by Crippen LogP contribution is 2.14. The fourth-order valence-electron chi connectivity index (χ4n) is 2.11. The number of benzene rings is 2. The van der Waals surface area contributed by atoms with Crippen molar-refractivity contribution in [2.24, 2.45) is 0 Å². The largest absolute Gasteiger partial charge is 0.491 e. The minimum atomic E-state index is 0.529. The lowest BCUT2D eigenvalue weighted by Crippen LogP contribution is -2.13. The second kappa shape index (κ2) is 13.1. The van der Waals surface area contributed by atoms with Crippen LogP contribution in [0, 0.1) is 0 Å². The van der Waals surface area contributed by atoms with Crippen molar-refractivity contribution in [3.8, 4) is 11.5 Å². The van der Waals surface area contributed by atoms with Crippen LogP contribution >= 0.6 is 31.9 Å². The molecular formula is C20H24Br2O4. The third-order valence-corrected chi connectivity index (χ3v) is 4.82. The van der Waals surface area contributed by atoms with E-state index < -0.39 is 0 Å². The first-order valence-corrected chi connectivity index (χ1v) is 10.8. The van der Waals surface area contributed by atoms with Crippen LogP contribution in [0.1, 0.15) is 11.1 Å². The lowest BCUT2D eigenvalue weighted by molar-refractivity contribution is 0.0273. The highest BCUT2D eigenvalue weighted by Gasteiger charge is 1.97. The van der Waals surface area contributed by atoms with Gasteiger partial charge in [0.1, 0.15) is 24.7 Å². The molecule has 0 spiro atoms. The van der Waals surface area contributed by atoms with E-state index >= 15 is 0 Å². The van der Waals surface area contributed by atoms with Crippen LogP contribution < -0.4 is 9.47 Å². The number of hydrogen-bond donors (Lipinski definition) is 0. The maximum Gasteiger partial charge on any atom is 0.119 e. The molecule has 0 unspecified atom stereocenters. The van der Waals surface area contributed by atoms with Crippen molar-refractivity contribution in [2.45, 2.75) is 10.7 Å². The molecule has 0 fully saturated rings. The number of alkyl halides is 2. The molecule has 0 aliphatic carbocycles. The summed E-state index contributed by atoms with van der Waals surface area (Å²) >= 11 is 6.84. The van der Waals surface area contributed by atoms with E-state index in [2.05, 4.69) is 31.9 Å². The summed E-state index contributed by atoms with van der Waals surface area (Å²) in [4.78, 5) is 0. The van der Waals surface area contributed by atoms with E-state index in [0.29, 0.717) is 39.6 Å². The Kier molecular flexibility index (Phi) is 10.7. The molecule has 0 radical (unpaired) electrons. The number of halogens is 2. The predicted octanol–water partition coefficient (Wildman–Crippen LogP) is 4.97. The average Bonchev–Trinajstić information content (AvgIpc) is 2.70. The van der Waals surface area contributed by atoms with Crippen molar-refractivity contribution in [3.05, 3.63) is 59.7 Å². The Bertz CT molecular complexity index is 547. The normalized spacial score (nSPS) is 10.7. The lowest BCUT2D eigenvalue weighted by Gasteiger charge is -2.09. The first kappa shape index (κ1) is 21.2. The van der Waals surface area contributed by atoms with Gasteiger partial charge in [-0.15, -0.1) is 0 Å². The van der Waals surface area contributed by atoms with Gasteiger partial charge in [-0.2, -0.15) is 0 Å². The van der Waals surface area contributed by atoms with Crippen molar-refractivity contribution in [3.63, 3.8) is 0 Å². The van der Waals surface area contributed by atoms with Crippen molar-refractivity contribution in [1.82, 2.24) is 0 Å². The molecule has 0 atom stereocenters. The molecule has 142 valence electrons. The fraction of sp³-hybridized carbons (Fsp3) is 0.400. The minimum Gasteiger partial charge on any atom is -0.491 e. The first-order chi connectivity index (χ1) is 12.8. The molecule has 0 saturated carbocycles.